The first kappa shape index (κ1) is 43.1. The fraction of sp³-hybridized carbons (Fsp3) is 0.409. The van der Waals surface area contributed by atoms with Gasteiger partial charge in [0.15, 0.2) is 29.9 Å². The number of benzene rings is 3. The van der Waals surface area contributed by atoms with E-state index in [1.807, 2.05) is 0 Å². The number of aromatic nitrogens is 1. The van der Waals surface area contributed by atoms with Crippen molar-refractivity contribution in [3.63, 3.8) is 0 Å². The lowest BCUT2D eigenvalue weighted by molar-refractivity contribution is -0.159. The number of piperidine rings is 3. The maximum Gasteiger partial charge on any atom is 0.387 e. The Labute approximate surface area is 356 Å². The Bertz CT molecular complexity index is 2130. The summed E-state index contributed by atoms with van der Waals surface area (Å²) in [7, 11) is 1.54. The van der Waals surface area contributed by atoms with Crippen molar-refractivity contribution in [1.29, 1.82) is 0 Å². The van der Waals surface area contributed by atoms with E-state index in [0.717, 1.165) is 38.8 Å². The topological polar surface area (TPSA) is 135 Å². The largest absolute Gasteiger partial charge is 0.497 e. The van der Waals surface area contributed by atoms with Crippen LogP contribution in [0.5, 0.6) is 17.2 Å². The van der Waals surface area contributed by atoms with Crippen LogP contribution in [0.25, 0.3) is 0 Å². The molecule has 1 aliphatic carbocycles. The van der Waals surface area contributed by atoms with Gasteiger partial charge in [0, 0.05) is 31.0 Å². The highest BCUT2D eigenvalue weighted by Crippen LogP contribution is 2.38. The number of ether oxygens (including phenoxy) is 6. The highest BCUT2D eigenvalue weighted by Gasteiger charge is 2.38. The molecular formula is C44H45Cl2F2N3O9. The number of pyridine rings is 1. The molecular weight excluding hydrogens is 823 g/mol. The normalized spacial score (nSPS) is 19.3. The molecule has 4 heterocycles. The summed E-state index contributed by atoms with van der Waals surface area (Å²) in [4.78, 5) is 46.6. The van der Waals surface area contributed by atoms with E-state index in [0.29, 0.717) is 53.1 Å². The van der Waals surface area contributed by atoms with Gasteiger partial charge in [0.25, 0.3) is 0 Å². The van der Waals surface area contributed by atoms with Gasteiger partial charge in [-0.15, -0.1) is 0 Å². The highest BCUT2D eigenvalue weighted by molar-refractivity contribution is 6.35. The maximum atomic E-state index is 13.8. The SMILES string of the molecule is COc1cccc(C(Nc2cccc(C(=O)OCC(=O)CO[C@@H](Cc3c(Cl)cncc3Cl)c3ccc(OC(F)F)c(OCC4CC4)c3)c2)C(=O)O[C@H]2CN3CCC2CC3)c1. The van der Waals surface area contributed by atoms with E-state index in [-0.39, 0.29) is 39.6 Å². The molecule has 1 aromatic heterocycles. The summed E-state index contributed by atoms with van der Waals surface area (Å²) in [5, 5.41) is 3.76. The maximum absolute atomic E-state index is 13.8. The second-order valence-corrected chi connectivity index (χ2v) is 15.9. The summed E-state index contributed by atoms with van der Waals surface area (Å²) in [6.07, 6.45) is 5.75. The lowest BCUT2D eigenvalue weighted by Crippen LogP contribution is -2.52. The number of fused-ring (bicyclic) bond motifs is 3. The van der Waals surface area contributed by atoms with E-state index >= 15 is 0 Å². The predicted molar refractivity (Wildman–Crippen MR) is 218 cm³/mol. The first-order valence-corrected chi connectivity index (χ1v) is 20.5. The molecule has 60 heavy (non-hydrogen) atoms. The summed E-state index contributed by atoms with van der Waals surface area (Å²) < 4.78 is 60.0. The third-order valence-electron chi connectivity index (χ3n) is 10.8. The zero-order valence-corrected chi connectivity index (χ0v) is 34.3. The summed E-state index contributed by atoms with van der Waals surface area (Å²) in [6.45, 7) is -1.14. The molecule has 318 valence electrons. The Balaban J connectivity index is 1.01. The number of hydrogen-bond acceptors (Lipinski definition) is 12. The van der Waals surface area contributed by atoms with Crippen molar-refractivity contribution in [1.82, 2.24) is 9.88 Å². The number of Topliss-reactive ketones (excluding diaryl/α,β-unsaturated/α-hetero) is 1. The summed E-state index contributed by atoms with van der Waals surface area (Å²) >= 11 is 12.9. The summed E-state index contributed by atoms with van der Waals surface area (Å²) in [5.41, 5.74) is 2.15. The van der Waals surface area contributed by atoms with Crippen molar-refractivity contribution >= 4 is 46.6 Å². The van der Waals surface area contributed by atoms with Crippen LogP contribution in [0.3, 0.4) is 0 Å². The Morgan fingerprint density at radius 1 is 0.900 bits per heavy atom. The molecule has 0 spiro atoms. The van der Waals surface area contributed by atoms with Crippen LogP contribution in [-0.4, -0.2) is 86.9 Å². The van der Waals surface area contributed by atoms with Crippen LogP contribution >= 0.6 is 23.2 Å². The van der Waals surface area contributed by atoms with Crippen LogP contribution < -0.4 is 19.5 Å². The standard InChI is InChI=1S/C44H45Cl2F2N3O9/c1-55-33-7-3-4-29(17-33)41(43(54)59-40-22-51-14-12-27(40)13-15-51)50-31-6-2-5-30(16-31)42(53)58-25-32(52)24-57-38(19-34-35(45)20-49-21-36(34)46)28-10-11-37(60-44(47)48)39(18-28)56-23-26-8-9-26/h2-7,10-11,16-18,20-21,26-27,38,40-41,44,50H,8-9,12-15,19,22-25H2,1H3/t38-,40-,41?/m0/s1. The van der Waals surface area contributed by atoms with Crippen molar-refractivity contribution in [2.24, 2.45) is 11.8 Å². The van der Waals surface area contributed by atoms with E-state index in [2.05, 4.69) is 15.2 Å². The monoisotopic (exact) mass is 867 g/mol. The van der Waals surface area contributed by atoms with Crippen molar-refractivity contribution in [3.05, 3.63) is 111 Å². The van der Waals surface area contributed by atoms with Crippen molar-refractivity contribution in [3.8, 4) is 17.2 Å². The van der Waals surface area contributed by atoms with Gasteiger partial charge in [-0.05, 0) is 110 Å². The molecule has 4 aromatic rings. The molecule has 3 aliphatic heterocycles. The molecule has 4 fully saturated rings. The lowest BCUT2D eigenvalue weighted by Gasteiger charge is -2.44. The smallest absolute Gasteiger partial charge is 0.387 e. The Morgan fingerprint density at radius 3 is 2.37 bits per heavy atom. The van der Waals surface area contributed by atoms with E-state index in [4.69, 9.17) is 51.6 Å². The van der Waals surface area contributed by atoms with Crippen LogP contribution in [0.4, 0.5) is 14.5 Å². The molecule has 16 heteroatoms. The third-order valence-corrected chi connectivity index (χ3v) is 11.5. The molecule has 3 atom stereocenters. The molecule has 1 N–H and O–H groups in total. The van der Waals surface area contributed by atoms with E-state index in [1.54, 1.807) is 43.5 Å². The zero-order chi connectivity index (χ0) is 42.2. The van der Waals surface area contributed by atoms with E-state index in [1.165, 1.54) is 42.7 Å². The number of ketones is 1. The summed E-state index contributed by atoms with van der Waals surface area (Å²) in [5.74, 6) is -0.637. The quantitative estimate of drug-likeness (QED) is 0.0857. The number of nitrogens with one attached hydrogen (secondary N) is 1. The van der Waals surface area contributed by atoms with Gasteiger partial charge in [0.1, 0.15) is 18.5 Å². The van der Waals surface area contributed by atoms with Crippen LogP contribution in [0.2, 0.25) is 10.0 Å². The van der Waals surface area contributed by atoms with Gasteiger partial charge >= 0.3 is 18.6 Å². The van der Waals surface area contributed by atoms with Crippen LogP contribution in [0.1, 0.15) is 64.9 Å². The molecule has 3 aromatic carbocycles. The van der Waals surface area contributed by atoms with E-state index < -0.39 is 49.7 Å². The van der Waals surface area contributed by atoms with E-state index in [9.17, 15) is 23.2 Å². The minimum atomic E-state index is -3.07. The minimum Gasteiger partial charge on any atom is -0.497 e. The number of methoxy groups -OCH3 is 1. The number of carbonyl (C=O) groups excluding carboxylic acids is 3. The third kappa shape index (κ3) is 11.4. The van der Waals surface area contributed by atoms with Crippen molar-refractivity contribution in [2.45, 2.75) is 57.0 Å². The van der Waals surface area contributed by atoms with Gasteiger partial charge in [-0.1, -0.05) is 47.5 Å². The first-order chi connectivity index (χ1) is 29.0. The number of rotatable bonds is 20. The minimum absolute atomic E-state index is 0.0775. The molecule has 4 aliphatic rings. The van der Waals surface area contributed by atoms with Crippen molar-refractivity contribution < 1.29 is 51.6 Å². The number of esters is 2. The van der Waals surface area contributed by atoms with Gasteiger partial charge in [0.2, 0.25) is 0 Å². The molecule has 0 amide bonds. The Kier molecular flexibility index (Phi) is 14.4. The molecule has 2 bridgehead atoms. The van der Waals surface area contributed by atoms with Gasteiger partial charge in [-0.2, -0.15) is 8.78 Å². The van der Waals surface area contributed by atoms with Gasteiger partial charge < -0.3 is 33.7 Å². The fourth-order valence-corrected chi connectivity index (χ4v) is 7.86. The highest BCUT2D eigenvalue weighted by atomic mass is 35.5. The predicted octanol–water partition coefficient (Wildman–Crippen LogP) is 8.30. The number of nitrogens with zero attached hydrogens (tertiary/aromatic N) is 2. The number of alkyl halides is 2. The zero-order valence-electron chi connectivity index (χ0n) is 32.8. The molecule has 3 saturated heterocycles. The molecule has 0 radical (unpaired) electrons. The number of hydrogen-bond donors (Lipinski definition) is 1. The van der Waals surface area contributed by atoms with Gasteiger partial charge in [-0.25, -0.2) is 9.59 Å². The second kappa shape index (κ2) is 20.0. The molecule has 8 rings (SSSR count). The second-order valence-electron chi connectivity index (χ2n) is 15.1. The van der Waals surface area contributed by atoms with Crippen LogP contribution in [0.15, 0.2) is 79.1 Å². The van der Waals surface area contributed by atoms with Gasteiger partial charge in [-0.3, -0.25) is 14.7 Å². The van der Waals surface area contributed by atoms with Crippen LogP contribution in [-0.2, 0) is 30.2 Å². The molecule has 1 unspecified atom stereocenters. The van der Waals surface area contributed by atoms with Crippen LogP contribution in [0, 0.1) is 11.8 Å². The van der Waals surface area contributed by atoms with Gasteiger partial charge in [0.05, 0.1) is 35.4 Å². The molecule has 12 nitrogen and oxygen atoms in total. The Morgan fingerprint density at radius 2 is 1.67 bits per heavy atom. The molecule has 1 saturated carbocycles. The summed E-state index contributed by atoms with van der Waals surface area (Å²) in [6, 6.07) is 17.0. The average Bonchev–Trinajstić information content (AvgIpc) is 4.09. The van der Waals surface area contributed by atoms with Crippen molar-refractivity contribution in [2.75, 3.05) is 51.9 Å². The fourth-order valence-electron chi connectivity index (χ4n) is 7.34. The number of halogens is 4. The number of carbonyl (C=O) groups is 3. The lowest BCUT2D eigenvalue weighted by atomic mass is 9.86. The number of anilines is 1. The first-order valence-electron chi connectivity index (χ1n) is 19.8. The average molecular weight is 869 g/mol. The Hall–Kier alpha value is -5.02.